The van der Waals surface area contributed by atoms with E-state index in [-0.39, 0.29) is 6.29 Å². The van der Waals surface area contributed by atoms with E-state index in [0.717, 1.165) is 12.8 Å². The first-order valence-corrected chi connectivity index (χ1v) is 4.22. The molecule has 2 radical (unpaired) electrons. The third kappa shape index (κ3) is 4.30. The van der Waals surface area contributed by atoms with E-state index in [9.17, 15) is 0 Å². The van der Waals surface area contributed by atoms with Crippen LogP contribution in [0.15, 0.2) is 0 Å². The molecular weight excluding hydrogens is 143 g/mol. The third-order valence-electron chi connectivity index (χ3n) is 1.44. The van der Waals surface area contributed by atoms with Gasteiger partial charge in [0.1, 0.15) is 6.29 Å². The largest absolute Gasteiger partial charge is 0.495 e. The molecular formula is C7H15AlO2. The van der Waals surface area contributed by atoms with E-state index in [1.54, 1.807) is 0 Å². The minimum absolute atomic E-state index is 0.0556. The van der Waals surface area contributed by atoms with Gasteiger partial charge in [-0.3, -0.25) is 0 Å². The van der Waals surface area contributed by atoms with Crippen molar-refractivity contribution in [2.24, 2.45) is 0 Å². The van der Waals surface area contributed by atoms with Crippen LogP contribution in [0, 0.1) is 0 Å². The predicted octanol–water partition coefficient (Wildman–Crippen LogP) is 1.64. The summed E-state index contributed by atoms with van der Waals surface area (Å²) in [7, 11) is 0. The van der Waals surface area contributed by atoms with Crippen LogP contribution in [0.5, 0.6) is 0 Å². The number of hydrogen-bond acceptors (Lipinski definition) is 2. The average Bonchev–Trinajstić information content (AvgIpc) is 1.99. The summed E-state index contributed by atoms with van der Waals surface area (Å²) in [6, 6.07) is 0. The van der Waals surface area contributed by atoms with E-state index in [1.807, 2.05) is 13.8 Å². The van der Waals surface area contributed by atoms with Crippen LogP contribution < -0.4 is 0 Å². The van der Waals surface area contributed by atoms with Gasteiger partial charge in [0.15, 0.2) is 0 Å². The molecule has 0 aliphatic rings. The van der Waals surface area contributed by atoms with Crippen molar-refractivity contribution in [2.75, 3.05) is 0 Å². The Morgan fingerprint density at radius 2 is 1.90 bits per heavy atom. The molecule has 10 heavy (non-hydrogen) atoms. The summed E-state index contributed by atoms with van der Waals surface area (Å²) in [5.41, 5.74) is 0. The van der Waals surface area contributed by atoms with Crippen molar-refractivity contribution >= 4 is 16.6 Å². The van der Waals surface area contributed by atoms with Crippen LogP contribution in [0.25, 0.3) is 0 Å². The van der Waals surface area contributed by atoms with Crippen LogP contribution in [0.3, 0.4) is 0 Å². The number of ether oxygens (including phenoxy) is 1. The maximum atomic E-state index is 5.45. The molecule has 2 unspecified atom stereocenters. The smallest absolute Gasteiger partial charge is 0.373 e. The Labute approximate surface area is 71.7 Å². The second kappa shape index (κ2) is 6.18. The van der Waals surface area contributed by atoms with Crippen LogP contribution in [0.4, 0.5) is 0 Å². The summed E-state index contributed by atoms with van der Waals surface area (Å²) in [5.74, 6) is 0. The molecule has 2 nitrogen and oxygen atoms in total. The highest BCUT2D eigenvalue weighted by Crippen LogP contribution is 2.04. The zero-order chi connectivity index (χ0) is 7.98. The molecule has 3 heteroatoms. The summed E-state index contributed by atoms with van der Waals surface area (Å²) >= 11 is 2.22. The van der Waals surface area contributed by atoms with E-state index in [4.69, 9.17) is 8.53 Å². The molecule has 0 saturated heterocycles. The summed E-state index contributed by atoms with van der Waals surface area (Å²) in [6.45, 7) is 6.18. The SMILES string of the molecule is CCC(C)OC(CC)[O][Al]. The van der Waals surface area contributed by atoms with Gasteiger partial charge < -0.3 is 8.53 Å². The molecule has 0 heterocycles. The van der Waals surface area contributed by atoms with E-state index in [0.29, 0.717) is 6.10 Å². The van der Waals surface area contributed by atoms with Crippen LogP contribution in [-0.4, -0.2) is 29.0 Å². The lowest BCUT2D eigenvalue weighted by Crippen LogP contribution is -2.20. The molecule has 0 N–H and O–H groups in total. The van der Waals surface area contributed by atoms with Crippen molar-refractivity contribution in [3.05, 3.63) is 0 Å². The lowest BCUT2D eigenvalue weighted by molar-refractivity contribution is -0.112. The van der Waals surface area contributed by atoms with Crippen molar-refractivity contribution < 1.29 is 8.53 Å². The van der Waals surface area contributed by atoms with Gasteiger partial charge in [0, 0.05) is 0 Å². The number of hydrogen-bond donors (Lipinski definition) is 0. The van der Waals surface area contributed by atoms with Crippen molar-refractivity contribution in [1.29, 1.82) is 0 Å². The van der Waals surface area contributed by atoms with Gasteiger partial charge in [0.25, 0.3) is 0 Å². The Balaban J connectivity index is 3.41. The quantitative estimate of drug-likeness (QED) is 0.447. The summed E-state index contributed by atoms with van der Waals surface area (Å²) in [4.78, 5) is 0. The highest BCUT2D eigenvalue weighted by atomic mass is 27.1. The predicted molar refractivity (Wildman–Crippen MR) is 41.8 cm³/mol. The summed E-state index contributed by atoms with van der Waals surface area (Å²) in [5, 5.41) is 0. The van der Waals surface area contributed by atoms with Crippen molar-refractivity contribution in [2.45, 2.75) is 46.0 Å². The van der Waals surface area contributed by atoms with Crippen LogP contribution >= 0.6 is 0 Å². The molecule has 0 aliphatic carbocycles. The maximum Gasteiger partial charge on any atom is 0.373 e. The molecule has 58 valence electrons. The third-order valence-corrected chi connectivity index (χ3v) is 1.75. The van der Waals surface area contributed by atoms with Crippen molar-refractivity contribution in [3.63, 3.8) is 0 Å². The molecule has 0 fully saturated rings. The van der Waals surface area contributed by atoms with Gasteiger partial charge in [-0.2, -0.15) is 0 Å². The van der Waals surface area contributed by atoms with Crippen LogP contribution in [-0.2, 0) is 8.53 Å². The first-order chi connectivity index (χ1) is 4.74. The molecule has 0 aliphatic heterocycles. The van der Waals surface area contributed by atoms with Gasteiger partial charge in [-0.05, 0) is 19.8 Å². The highest BCUT2D eigenvalue weighted by molar-refractivity contribution is 5.98. The molecule has 0 rings (SSSR count). The average molecular weight is 158 g/mol. The lowest BCUT2D eigenvalue weighted by atomic mass is 10.3. The maximum absolute atomic E-state index is 5.45. The topological polar surface area (TPSA) is 18.5 Å². The molecule has 0 aromatic heterocycles. The van der Waals surface area contributed by atoms with E-state index < -0.39 is 0 Å². The van der Waals surface area contributed by atoms with Gasteiger partial charge in [-0.25, -0.2) is 0 Å². The Bertz CT molecular complexity index is 74.0. The monoisotopic (exact) mass is 158 g/mol. The van der Waals surface area contributed by atoms with Gasteiger partial charge >= 0.3 is 16.6 Å². The van der Waals surface area contributed by atoms with Crippen LogP contribution in [0.1, 0.15) is 33.6 Å². The van der Waals surface area contributed by atoms with E-state index in [2.05, 4.69) is 23.5 Å². The molecule has 0 spiro atoms. The Morgan fingerprint density at radius 1 is 1.30 bits per heavy atom. The zero-order valence-corrected chi connectivity index (χ0v) is 8.12. The second-order valence-electron chi connectivity index (χ2n) is 2.33. The van der Waals surface area contributed by atoms with E-state index in [1.165, 1.54) is 0 Å². The highest BCUT2D eigenvalue weighted by Gasteiger charge is 2.06. The molecule has 0 bridgehead atoms. The van der Waals surface area contributed by atoms with Gasteiger partial charge in [-0.1, -0.05) is 13.8 Å². The molecule has 0 saturated carbocycles. The standard InChI is InChI=1S/C7H15O2.Al/c1-4-6(3)9-7(8)5-2;/h6-7H,4-5H2,1-3H3;/q-1;+1. The fourth-order valence-corrected chi connectivity index (χ4v) is 0.836. The lowest BCUT2D eigenvalue weighted by Gasteiger charge is -2.20. The van der Waals surface area contributed by atoms with Gasteiger partial charge in [0.05, 0.1) is 6.10 Å². The van der Waals surface area contributed by atoms with Crippen molar-refractivity contribution in [3.8, 4) is 0 Å². The summed E-state index contributed by atoms with van der Waals surface area (Å²) < 4.78 is 10.4. The Hall–Kier alpha value is 0.452. The fourth-order valence-electron chi connectivity index (χ4n) is 0.580. The summed E-state index contributed by atoms with van der Waals surface area (Å²) in [6.07, 6.45) is 2.17. The first kappa shape index (κ1) is 10.5. The van der Waals surface area contributed by atoms with Gasteiger partial charge in [-0.15, -0.1) is 0 Å². The zero-order valence-electron chi connectivity index (χ0n) is 6.96. The minimum Gasteiger partial charge on any atom is -0.495 e. The van der Waals surface area contributed by atoms with Crippen molar-refractivity contribution in [1.82, 2.24) is 0 Å². The Morgan fingerprint density at radius 3 is 2.20 bits per heavy atom. The second-order valence-corrected chi connectivity index (χ2v) is 2.60. The number of rotatable bonds is 5. The van der Waals surface area contributed by atoms with Crippen LogP contribution in [0.2, 0.25) is 0 Å². The van der Waals surface area contributed by atoms with Gasteiger partial charge in [0.2, 0.25) is 0 Å². The normalized spacial score (nSPS) is 16.7. The molecule has 0 aromatic rings. The van der Waals surface area contributed by atoms with E-state index >= 15 is 0 Å². The Kier molecular flexibility index (Phi) is 6.46. The molecule has 0 aromatic carbocycles. The molecule has 2 atom stereocenters. The fraction of sp³-hybridized carbons (Fsp3) is 1.00. The first-order valence-electron chi connectivity index (χ1n) is 3.75. The molecule has 0 amide bonds. The minimum atomic E-state index is -0.0556.